The fraction of sp³-hybridized carbons (Fsp3) is 0.250. The standard InChI is InChI=1S/C20H20N4O2/c25-13-20(17-6-2-1-3-7-17)9-10-23(12-20)19(26)16-5-4-8-18(11-16)24-15-21-14-22-24/h1-8,11,14-15,25H,9-10,12-13H2. The molecule has 1 saturated heterocycles. The van der Waals surface area contributed by atoms with Crippen LogP contribution in [0.4, 0.5) is 0 Å². The van der Waals surface area contributed by atoms with Crippen molar-refractivity contribution in [2.75, 3.05) is 19.7 Å². The van der Waals surface area contributed by atoms with E-state index in [0.29, 0.717) is 18.7 Å². The zero-order valence-electron chi connectivity index (χ0n) is 14.3. The van der Waals surface area contributed by atoms with Gasteiger partial charge in [0.25, 0.3) is 5.91 Å². The van der Waals surface area contributed by atoms with E-state index in [0.717, 1.165) is 17.7 Å². The summed E-state index contributed by atoms with van der Waals surface area (Å²) in [7, 11) is 0. The summed E-state index contributed by atoms with van der Waals surface area (Å²) >= 11 is 0. The van der Waals surface area contributed by atoms with Gasteiger partial charge in [-0.2, -0.15) is 5.10 Å². The van der Waals surface area contributed by atoms with Gasteiger partial charge in [-0.1, -0.05) is 36.4 Å². The molecule has 1 N–H and O–H groups in total. The number of aromatic nitrogens is 3. The van der Waals surface area contributed by atoms with E-state index in [1.165, 1.54) is 6.33 Å². The Morgan fingerprint density at radius 2 is 2.00 bits per heavy atom. The Kier molecular flexibility index (Phi) is 4.26. The monoisotopic (exact) mass is 348 g/mol. The summed E-state index contributed by atoms with van der Waals surface area (Å²) in [6.07, 6.45) is 3.82. The number of carbonyl (C=O) groups is 1. The van der Waals surface area contributed by atoms with Crippen molar-refractivity contribution in [3.05, 3.63) is 78.4 Å². The number of likely N-dealkylation sites (tertiary alicyclic amines) is 1. The van der Waals surface area contributed by atoms with Crippen molar-refractivity contribution in [3.8, 4) is 5.69 Å². The quantitative estimate of drug-likeness (QED) is 0.783. The van der Waals surface area contributed by atoms with Gasteiger partial charge in [-0.3, -0.25) is 4.79 Å². The number of nitrogens with zero attached hydrogens (tertiary/aromatic N) is 4. The first-order valence-corrected chi connectivity index (χ1v) is 8.63. The maximum atomic E-state index is 13.0. The molecule has 1 fully saturated rings. The lowest BCUT2D eigenvalue weighted by Crippen LogP contribution is -2.37. The minimum atomic E-state index is -0.388. The Morgan fingerprint density at radius 1 is 1.15 bits per heavy atom. The molecule has 0 saturated carbocycles. The number of rotatable bonds is 4. The van der Waals surface area contributed by atoms with E-state index in [-0.39, 0.29) is 17.9 Å². The number of amides is 1. The van der Waals surface area contributed by atoms with Crippen molar-refractivity contribution in [3.63, 3.8) is 0 Å². The van der Waals surface area contributed by atoms with Crippen molar-refractivity contribution >= 4 is 5.91 Å². The van der Waals surface area contributed by atoms with Crippen molar-refractivity contribution in [1.82, 2.24) is 19.7 Å². The van der Waals surface area contributed by atoms with Crippen molar-refractivity contribution < 1.29 is 9.90 Å². The van der Waals surface area contributed by atoms with Crippen LogP contribution in [0.25, 0.3) is 5.69 Å². The molecule has 1 aromatic heterocycles. The Balaban J connectivity index is 1.57. The van der Waals surface area contributed by atoms with Crippen molar-refractivity contribution in [2.45, 2.75) is 11.8 Å². The second-order valence-corrected chi connectivity index (χ2v) is 6.67. The maximum absolute atomic E-state index is 13.0. The number of hydrogen-bond acceptors (Lipinski definition) is 4. The van der Waals surface area contributed by atoms with E-state index in [1.54, 1.807) is 11.0 Å². The Labute approximate surface area is 151 Å². The first-order chi connectivity index (χ1) is 12.7. The second-order valence-electron chi connectivity index (χ2n) is 6.67. The highest BCUT2D eigenvalue weighted by atomic mass is 16.3. The van der Waals surface area contributed by atoms with E-state index in [1.807, 2.05) is 59.5 Å². The summed E-state index contributed by atoms with van der Waals surface area (Å²) in [5, 5.41) is 14.2. The summed E-state index contributed by atoms with van der Waals surface area (Å²) in [6, 6.07) is 17.3. The highest BCUT2D eigenvalue weighted by Gasteiger charge is 2.41. The van der Waals surface area contributed by atoms with Crippen molar-refractivity contribution in [2.24, 2.45) is 0 Å². The molecule has 3 aromatic rings. The third-order valence-corrected chi connectivity index (χ3v) is 5.11. The third kappa shape index (κ3) is 2.88. The molecule has 1 aliphatic rings. The molecule has 0 radical (unpaired) electrons. The summed E-state index contributed by atoms with van der Waals surface area (Å²) in [6.45, 7) is 1.17. The summed E-state index contributed by atoms with van der Waals surface area (Å²) in [4.78, 5) is 18.8. The number of hydrogen-bond donors (Lipinski definition) is 1. The van der Waals surface area contributed by atoms with Crippen LogP contribution in [0, 0.1) is 0 Å². The molecule has 0 bridgehead atoms. The van der Waals surface area contributed by atoms with Crippen LogP contribution in [0.5, 0.6) is 0 Å². The van der Waals surface area contributed by atoms with E-state index in [2.05, 4.69) is 10.1 Å². The first kappa shape index (κ1) is 16.5. The topological polar surface area (TPSA) is 71.2 Å². The average molecular weight is 348 g/mol. The minimum Gasteiger partial charge on any atom is -0.395 e. The fourth-order valence-electron chi connectivity index (χ4n) is 3.60. The predicted molar refractivity (Wildman–Crippen MR) is 97.1 cm³/mol. The lowest BCUT2D eigenvalue weighted by molar-refractivity contribution is 0.0774. The van der Waals surface area contributed by atoms with Gasteiger partial charge in [-0.15, -0.1) is 0 Å². The van der Waals surface area contributed by atoms with Crippen LogP contribution in [-0.4, -0.2) is 50.4 Å². The normalized spacial score (nSPS) is 19.7. The van der Waals surface area contributed by atoms with Crippen LogP contribution >= 0.6 is 0 Å². The largest absolute Gasteiger partial charge is 0.395 e. The van der Waals surface area contributed by atoms with Gasteiger partial charge in [0.15, 0.2) is 0 Å². The maximum Gasteiger partial charge on any atom is 0.253 e. The number of carbonyl (C=O) groups excluding carboxylic acids is 1. The van der Waals surface area contributed by atoms with Crippen LogP contribution in [-0.2, 0) is 5.41 Å². The molecule has 26 heavy (non-hydrogen) atoms. The van der Waals surface area contributed by atoms with Gasteiger partial charge in [-0.05, 0) is 30.2 Å². The molecule has 6 heteroatoms. The molecule has 0 spiro atoms. The Morgan fingerprint density at radius 3 is 2.73 bits per heavy atom. The molecule has 132 valence electrons. The van der Waals surface area contributed by atoms with E-state index in [9.17, 15) is 9.90 Å². The lowest BCUT2D eigenvalue weighted by atomic mass is 9.80. The minimum absolute atomic E-state index is 0.0276. The highest BCUT2D eigenvalue weighted by Crippen LogP contribution is 2.34. The number of aliphatic hydroxyl groups is 1. The summed E-state index contributed by atoms with van der Waals surface area (Å²) < 4.78 is 1.63. The van der Waals surface area contributed by atoms with Gasteiger partial charge in [0.2, 0.25) is 0 Å². The van der Waals surface area contributed by atoms with Crippen LogP contribution in [0.15, 0.2) is 67.3 Å². The van der Waals surface area contributed by atoms with Gasteiger partial charge in [0, 0.05) is 24.1 Å². The zero-order chi connectivity index (χ0) is 18.0. The van der Waals surface area contributed by atoms with Gasteiger partial charge < -0.3 is 10.0 Å². The Bertz CT molecular complexity index is 895. The van der Waals surface area contributed by atoms with E-state index in [4.69, 9.17) is 0 Å². The smallest absolute Gasteiger partial charge is 0.253 e. The predicted octanol–water partition coefficient (Wildman–Crippen LogP) is 2.04. The molecule has 2 aromatic carbocycles. The number of benzene rings is 2. The molecule has 1 atom stereocenters. The SMILES string of the molecule is O=C(c1cccc(-n2cncn2)c1)N1CCC(CO)(c2ccccc2)C1. The first-order valence-electron chi connectivity index (χ1n) is 8.63. The molecular weight excluding hydrogens is 328 g/mol. The second kappa shape index (κ2) is 6.72. The van der Waals surface area contributed by atoms with Gasteiger partial charge in [-0.25, -0.2) is 9.67 Å². The third-order valence-electron chi connectivity index (χ3n) is 5.11. The molecule has 1 unspecified atom stereocenters. The van der Waals surface area contributed by atoms with Gasteiger partial charge in [0.05, 0.1) is 12.3 Å². The summed E-state index contributed by atoms with van der Waals surface area (Å²) in [5.74, 6) is -0.0294. The Hall–Kier alpha value is -2.99. The highest BCUT2D eigenvalue weighted by molar-refractivity contribution is 5.95. The van der Waals surface area contributed by atoms with E-state index >= 15 is 0 Å². The molecule has 2 heterocycles. The molecule has 0 aliphatic carbocycles. The molecule has 4 rings (SSSR count). The fourth-order valence-corrected chi connectivity index (χ4v) is 3.60. The van der Waals surface area contributed by atoms with Gasteiger partial charge in [0.1, 0.15) is 12.7 Å². The lowest BCUT2D eigenvalue weighted by Gasteiger charge is -2.27. The molecule has 1 amide bonds. The van der Waals surface area contributed by atoms with Crippen LogP contribution in [0.1, 0.15) is 22.3 Å². The van der Waals surface area contributed by atoms with Crippen LogP contribution in [0.3, 0.4) is 0 Å². The summed E-state index contributed by atoms with van der Waals surface area (Å²) in [5.41, 5.74) is 2.10. The molecular formula is C20H20N4O2. The molecule has 6 nitrogen and oxygen atoms in total. The number of aliphatic hydroxyl groups excluding tert-OH is 1. The van der Waals surface area contributed by atoms with Gasteiger partial charge >= 0.3 is 0 Å². The average Bonchev–Trinajstić information content (AvgIpc) is 3.39. The van der Waals surface area contributed by atoms with Crippen molar-refractivity contribution in [1.29, 1.82) is 0 Å². The van der Waals surface area contributed by atoms with Crippen LogP contribution in [0.2, 0.25) is 0 Å². The zero-order valence-corrected chi connectivity index (χ0v) is 14.3. The van der Waals surface area contributed by atoms with E-state index < -0.39 is 0 Å². The van der Waals surface area contributed by atoms with Crippen LogP contribution < -0.4 is 0 Å². The molecule has 1 aliphatic heterocycles.